The van der Waals surface area contributed by atoms with Crippen LogP contribution in [-0.2, 0) is 30.0 Å². The van der Waals surface area contributed by atoms with E-state index in [-0.39, 0.29) is 24.2 Å². The van der Waals surface area contributed by atoms with Gasteiger partial charge in [-0.05, 0) is 31.5 Å². The number of esters is 1. The lowest BCUT2D eigenvalue weighted by Gasteiger charge is -2.13. The summed E-state index contributed by atoms with van der Waals surface area (Å²) >= 11 is 0. The van der Waals surface area contributed by atoms with Gasteiger partial charge in [0.1, 0.15) is 12.4 Å². The summed E-state index contributed by atoms with van der Waals surface area (Å²) in [6.45, 7) is 3.63. The van der Waals surface area contributed by atoms with Gasteiger partial charge in [0.2, 0.25) is 0 Å². The number of hydrogen-bond donors (Lipinski definition) is 0. The van der Waals surface area contributed by atoms with E-state index in [9.17, 15) is 31.2 Å². The lowest BCUT2D eigenvalue weighted by molar-refractivity contribution is -0.139. The van der Waals surface area contributed by atoms with E-state index in [4.69, 9.17) is 4.74 Å². The van der Waals surface area contributed by atoms with Crippen LogP contribution in [0.5, 0.6) is 5.75 Å². The SMILES string of the molecule is C=C(C)C(=O)OCCCS(=O)(=O)OCC(=O)c1ccc(OC)c(C(F)(F)F)c1. The third kappa shape index (κ3) is 7.31. The molecule has 0 atom stereocenters. The quantitative estimate of drug-likeness (QED) is 0.187. The second-order valence-electron chi connectivity index (χ2n) is 5.63. The number of ketones is 1. The van der Waals surface area contributed by atoms with Crippen molar-refractivity contribution < 1.29 is 44.8 Å². The summed E-state index contributed by atoms with van der Waals surface area (Å²) in [7, 11) is -3.08. The summed E-state index contributed by atoms with van der Waals surface area (Å²) in [6, 6.07) is 2.60. The van der Waals surface area contributed by atoms with Crippen LogP contribution in [0.25, 0.3) is 0 Å². The predicted molar refractivity (Wildman–Crippen MR) is 92.5 cm³/mol. The Morgan fingerprint density at radius 3 is 2.39 bits per heavy atom. The van der Waals surface area contributed by atoms with Crippen molar-refractivity contribution in [1.82, 2.24) is 0 Å². The summed E-state index contributed by atoms with van der Waals surface area (Å²) in [4.78, 5) is 23.1. The fraction of sp³-hybridized carbons (Fsp3) is 0.412. The standard InChI is InChI=1S/C17H19F3O7S/c1-11(2)16(22)26-7-4-8-28(23,24)27-10-14(21)12-5-6-15(25-3)13(9-12)17(18,19)20/h5-6,9H,1,4,7-8,10H2,2-3H3. The molecule has 11 heteroatoms. The first-order chi connectivity index (χ1) is 12.9. The molecule has 1 aromatic rings. The van der Waals surface area contributed by atoms with Crippen LogP contribution < -0.4 is 4.74 Å². The van der Waals surface area contributed by atoms with Gasteiger partial charge in [-0.15, -0.1) is 0 Å². The molecule has 0 aliphatic carbocycles. The molecule has 0 fully saturated rings. The second-order valence-corrected chi connectivity index (χ2v) is 7.39. The molecule has 156 valence electrons. The second kappa shape index (κ2) is 9.69. The van der Waals surface area contributed by atoms with Crippen LogP contribution in [0.2, 0.25) is 0 Å². The molecule has 28 heavy (non-hydrogen) atoms. The highest BCUT2D eigenvalue weighted by Gasteiger charge is 2.35. The van der Waals surface area contributed by atoms with Gasteiger partial charge >= 0.3 is 12.1 Å². The van der Waals surface area contributed by atoms with Crippen molar-refractivity contribution in [3.05, 3.63) is 41.5 Å². The van der Waals surface area contributed by atoms with E-state index in [0.29, 0.717) is 6.07 Å². The van der Waals surface area contributed by atoms with Crippen LogP contribution in [-0.4, -0.2) is 46.2 Å². The minimum Gasteiger partial charge on any atom is -0.496 e. The molecule has 0 aliphatic rings. The summed E-state index contributed by atoms with van der Waals surface area (Å²) < 4.78 is 76.3. The third-order valence-electron chi connectivity index (χ3n) is 3.32. The fourth-order valence-corrected chi connectivity index (χ4v) is 2.79. The van der Waals surface area contributed by atoms with Gasteiger partial charge in [0.05, 0.1) is 25.0 Å². The molecule has 0 N–H and O–H groups in total. The Hall–Kier alpha value is -2.40. The molecular formula is C17H19F3O7S. The van der Waals surface area contributed by atoms with Gasteiger partial charge in [-0.2, -0.15) is 21.6 Å². The van der Waals surface area contributed by atoms with Crippen molar-refractivity contribution in [2.24, 2.45) is 0 Å². The van der Waals surface area contributed by atoms with E-state index in [1.54, 1.807) is 0 Å². The monoisotopic (exact) mass is 424 g/mol. The van der Waals surface area contributed by atoms with Crippen LogP contribution in [0.1, 0.15) is 29.3 Å². The number of rotatable bonds is 10. The van der Waals surface area contributed by atoms with Gasteiger partial charge in [0.25, 0.3) is 10.1 Å². The minimum absolute atomic E-state index is 0.0870. The maximum Gasteiger partial charge on any atom is 0.419 e. The van der Waals surface area contributed by atoms with Gasteiger partial charge < -0.3 is 9.47 Å². The molecule has 0 spiro atoms. The van der Waals surface area contributed by atoms with Gasteiger partial charge in [-0.1, -0.05) is 6.58 Å². The lowest BCUT2D eigenvalue weighted by Crippen LogP contribution is -2.19. The molecule has 1 aromatic carbocycles. The van der Waals surface area contributed by atoms with E-state index in [0.717, 1.165) is 19.2 Å². The molecule has 0 unspecified atom stereocenters. The number of methoxy groups -OCH3 is 1. The highest BCUT2D eigenvalue weighted by atomic mass is 32.2. The van der Waals surface area contributed by atoms with Crippen LogP contribution in [0.15, 0.2) is 30.4 Å². The molecule has 1 rings (SSSR count). The average molecular weight is 424 g/mol. The zero-order chi connectivity index (χ0) is 21.5. The maximum atomic E-state index is 13.0. The molecular weight excluding hydrogens is 405 g/mol. The first-order valence-corrected chi connectivity index (χ1v) is 9.43. The lowest BCUT2D eigenvalue weighted by atomic mass is 10.1. The van der Waals surface area contributed by atoms with Crippen LogP contribution >= 0.6 is 0 Å². The van der Waals surface area contributed by atoms with E-state index < -0.39 is 51.7 Å². The number of alkyl halides is 3. The largest absolute Gasteiger partial charge is 0.496 e. The first-order valence-electron chi connectivity index (χ1n) is 7.85. The van der Waals surface area contributed by atoms with Crippen molar-refractivity contribution in [3.8, 4) is 5.75 Å². The Kier molecular flexibility index (Phi) is 8.18. The van der Waals surface area contributed by atoms with E-state index in [2.05, 4.69) is 15.5 Å². The number of carbonyl (C=O) groups excluding carboxylic acids is 2. The Labute approximate surface area is 160 Å². The number of Topliss-reactive ketones (excluding diaryl/α,β-unsaturated/α-hetero) is 1. The molecule has 0 bridgehead atoms. The molecule has 0 saturated heterocycles. The summed E-state index contributed by atoms with van der Waals surface area (Å²) in [5.41, 5.74) is -1.39. The highest BCUT2D eigenvalue weighted by Crippen LogP contribution is 2.36. The molecule has 0 aliphatic heterocycles. The van der Waals surface area contributed by atoms with Gasteiger partial charge in [0.15, 0.2) is 5.78 Å². The van der Waals surface area contributed by atoms with Crippen molar-refractivity contribution in [3.63, 3.8) is 0 Å². The fourth-order valence-electron chi connectivity index (χ4n) is 1.91. The molecule has 7 nitrogen and oxygen atoms in total. The summed E-state index contributed by atoms with van der Waals surface area (Å²) in [5, 5.41) is 0. The Morgan fingerprint density at radius 2 is 1.86 bits per heavy atom. The highest BCUT2D eigenvalue weighted by molar-refractivity contribution is 7.86. The van der Waals surface area contributed by atoms with Crippen LogP contribution in [0.4, 0.5) is 13.2 Å². The van der Waals surface area contributed by atoms with Crippen LogP contribution in [0.3, 0.4) is 0 Å². The molecule has 0 amide bonds. The zero-order valence-corrected chi connectivity index (χ0v) is 16.0. The number of hydrogen-bond acceptors (Lipinski definition) is 7. The Bertz CT molecular complexity index is 845. The summed E-state index contributed by atoms with van der Waals surface area (Å²) in [6.07, 6.45) is -4.84. The molecule has 0 heterocycles. The molecule has 0 saturated carbocycles. The Morgan fingerprint density at radius 1 is 1.21 bits per heavy atom. The number of benzene rings is 1. The van der Waals surface area contributed by atoms with E-state index in [1.165, 1.54) is 6.92 Å². The van der Waals surface area contributed by atoms with Gasteiger partial charge in [-0.25, -0.2) is 4.79 Å². The zero-order valence-electron chi connectivity index (χ0n) is 15.2. The topological polar surface area (TPSA) is 96.0 Å². The third-order valence-corrected chi connectivity index (χ3v) is 4.58. The normalized spacial score (nSPS) is 11.8. The molecule has 0 radical (unpaired) electrons. The number of carbonyl (C=O) groups is 2. The van der Waals surface area contributed by atoms with Gasteiger partial charge in [-0.3, -0.25) is 8.98 Å². The van der Waals surface area contributed by atoms with Crippen molar-refractivity contribution in [1.29, 1.82) is 0 Å². The van der Waals surface area contributed by atoms with Gasteiger partial charge in [0, 0.05) is 11.1 Å². The smallest absolute Gasteiger partial charge is 0.419 e. The average Bonchev–Trinajstić information content (AvgIpc) is 2.61. The molecule has 0 aromatic heterocycles. The van der Waals surface area contributed by atoms with Crippen LogP contribution in [0, 0.1) is 0 Å². The minimum atomic E-state index is -4.75. The Balaban J connectivity index is 2.66. The first kappa shape index (κ1) is 23.6. The number of ether oxygens (including phenoxy) is 2. The predicted octanol–water partition coefficient (Wildman–Crippen LogP) is 2.75. The van der Waals surface area contributed by atoms with E-state index in [1.807, 2.05) is 0 Å². The van der Waals surface area contributed by atoms with E-state index >= 15 is 0 Å². The van der Waals surface area contributed by atoms with Crippen molar-refractivity contribution in [2.75, 3.05) is 26.1 Å². The number of halogens is 3. The maximum absolute atomic E-state index is 13.0. The van der Waals surface area contributed by atoms with Crippen molar-refractivity contribution in [2.45, 2.75) is 19.5 Å². The summed E-state index contributed by atoms with van der Waals surface area (Å²) in [5.74, 6) is -2.64. The van der Waals surface area contributed by atoms with Crippen molar-refractivity contribution >= 4 is 21.9 Å².